The molecular weight excluding hydrogens is 382 g/mol. The molecule has 1 heterocycles. The first-order chi connectivity index (χ1) is 14.0. The number of aliphatic hydroxyl groups excluding tert-OH is 1. The summed E-state index contributed by atoms with van der Waals surface area (Å²) in [6.07, 6.45) is -0.330. The number of hydrogen-bond acceptors (Lipinski definition) is 6. The molecule has 3 rings (SSSR count). The van der Waals surface area contributed by atoms with E-state index in [0.29, 0.717) is 12.0 Å². The second-order valence-corrected chi connectivity index (χ2v) is 6.94. The van der Waals surface area contributed by atoms with E-state index in [0.717, 1.165) is 5.56 Å². The number of methoxy groups -OCH3 is 1. The molecule has 0 bridgehead atoms. The number of carbonyl (C=O) groups is 1. The Morgan fingerprint density at radius 1 is 1.14 bits per heavy atom. The number of rotatable bonds is 8. The van der Waals surface area contributed by atoms with E-state index in [1.54, 1.807) is 12.1 Å². The summed E-state index contributed by atoms with van der Waals surface area (Å²) in [6.45, 7) is -2.95. The smallest absolute Gasteiger partial charge is 0.387 e. The van der Waals surface area contributed by atoms with Gasteiger partial charge in [0.05, 0.1) is 13.5 Å². The van der Waals surface area contributed by atoms with E-state index in [2.05, 4.69) is 15.6 Å². The summed E-state index contributed by atoms with van der Waals surface area (Å²) < 4.78 is 34.6. The number of benzene rings is 2. The number of ether oxygens (including phenoxy) is 2. The average molecular weight is 406 g/mol. The fourth-order valence-corrected chi connectivity index (χ4v) is 3.82. The van der Waals surface area contributed by atoms with Gasteiger partial charge in [-0.3, -0.25) is 10.2 Å². The molecule has 1 fully saturated rings. The third-order valence-electron chi connectivity index (χ3n) is 5.13. The first kappa shape index (κ1) is 21.2. The Bertz CT molecular complexity index is 806. The molecule has 0 aromatic heterocycles. The van der Waals surface area contributed by atoms with Crippen LogP contribution < -0.4 is 15.6 Å². The van der Waals surface area contributed by atoms with Crippen LogP contribution in [0.5, 0.6) is 5.75 Å². The number of carbonyl (C=O) groups excluding carboxylic acids is 1. The van der Waals surface area contributed by atoms with Gasteiger partial charge in [-0.15, -0.1) is 0 Å². The maximum absolute atomic E-state index is 12.6. The number of nitrogens with one attached hydrogen (secondary N) is 2. The number of aliphatic hydroxyl groups is 1. The molecule has 8 heteroatoms. The van der Waals surface area contributed by atoms with Crippen LogP contribution >= 0.6 is 0 Å². The lowest BCUT2D eigenvalue weighted by Crippen LogP contribution is -2.36. The molecule has 2 aromatic carbocycles. The highest BCUT2D eigenvalue weighted by Crippen LogP contribution is 2.37. The third-order valence-corrected chi connectivity index (χ3v) is 5.13. The molecule has 1 aliphatic rings. The quantitative estimate of drug-likeness (QED) is 0.585. The van der Waals surface area contributed by atoms with Crippen molar-refractivity contribution in [1.82, 2.24) is 10.9 Å². The van der Waals surface area contributed by atoms with Gasteiger partial charge in [-0.25, -0.2) is 5.43 Å². The summed E-state index contributed by atoms with van der Waals surface area (Å²) >= 11 is 0. The molecule has 1 saturated heterocycles. The number of hydrazine groups is 1. The first-order valence-corrected chi connectivity index (χ1v) is 9.32. The van der Waals surface area contributed by atoms with E-state index in [9.17, 15) is 18.7 Å². The van der Waals surface area contributed by atoms with Gasteiger partial charge in [-0.2, -0.15) is 8.78 Å². The standard InChI is InChI=1S/C21H24F2N2O4/c1-28-18(26)12-16(14-8-5-9-15(11-14)29-21(22)23)19-17(24-25-20(19)27)10-13-6-3-2-4-7-13/h2-9,11,16-17,19-21,24-25,27H,10,12H2,1H3. The average Bonchev–Trinajstić information content (AvgIpc) is 3.06. The van der Waals surface area contributed by atoms with Crippen molar-refractivity contribution in [2.75, 3.05) is 7.11 Å². The van der Waals surface area contributed by atoms with Gasteiger partial charge < -0.3 is 14.6 Å². The Hall–Kier alpha value is -2.55. The van der Waals surface area contributed by atoms with E-state index in [1.807, 2.05) is 30.3 Å². The molecule has 29 heavy (non-hydrogen) atoms. The predicted molar refractivity (Wildman–Crippen MR) is 102 cm³/mol. The van der Waals surface area contributed by atoms with E-state index >= 15 is 0 Å². The van der Waals surface area contributed by atoms with Crippen LogP contribution in [0.1, 0.15) is 23.5 Å². The van der Waals surface area contributed by atoms with Crippen LogP contribution in [-0.4, -0.2) is 37.1 Å². The molecule has 0 amide bonds. The second-order valence-electron chi connectivity index (χ2n) is 6.94. The van der Waals surface area contributed by atoms with E-state index in [1.165, 1.54) is 19.2 Å². The molecule has 0 spiro atoms. The summed E-state index contributed by atoms with van der Waals surface area (Å²) in [5, 5.41) is 10.6. The zero-order valence-electron chi connectivity index (χ0n) is 15.9. The zero-order valence-corrected chi connectivity index (χ0v) is 15.9. The SMILES string of the molecule is COC(=O)CC(c1cccc(OC(F)F)c1)C1C(O)NNC1Cc1ccccc1. The van der Waals surface area contributed by atoms with Gasteiger partial charge >= 0.3 is 12.6 Å². The highest BCUT2D eigenvalue weighted by Gasteiger charge is 2.41. The molecule has 1 aliphatic heterocycles. The van der Waals surface area contributed by atoms with Crippen molar-refractivity contribution in [3.8, 4) is 5.75 Å². The molecule has 156 valence electrons. The van der Waals surface area contributed by atoms with Gasteiger partial charge in [0.15, 0.2) is 0 Å². The number of hydrogen-bond donors (Lipinski definition) is 3. The lowest BCUT2D eigenvalue weighted by molar-refractivity contribution is -0.141. The highest BCUT2D eigenvalue weighted by atomic mass is 19.3. The van der Waals surface area contributed by atoms with E-state index in [-0.39, 0.29) is 18.2 Å². The lowest BCUT2D eigenvalue weighted by Gasteiger charge is -2.29. The topological polar surface area (TPSA) is 79.8 Å². The van der Waals surface area contributed by atoms with Crippen molar-refractivity contribution in [3.63, 3.8) is 0 Å². The molecule has 6 nitrogen and oxygen atoms in total. The molecule has 3 N–H and O–H groups in total. The molecular formula is C21H24F2N2O4. The first-order valence-electron chi connectivity index (χ1n) is 9.32. The fraction of sp³-hybridized carbons (Fsp3) is 0.381. The van der Waals surface area contributed by atoms with Gasteiger partial charge in [0, 0.05) is 17.9 Å². The molecule has 4 atom stereocenters. The fourth-order valence-electron chi connectivity index (χ4n) is 3.82. The summed E-state index contributed by atoms with van der Waals surface area (Å²) in [6, 6.07) is 15.8. The van der Waals surface area contributed by atoms with Crippen molar-refractivity contribution in [2.24, 2.45) is 5.92 Å². The van der Waals surface area contributed by atoms with Crippen molar-refractivity contribution in [1.29, 1.82) is 0 Å². The predicted octanol–water partition coefficient (Wildman–Crippen LogP) is 2.59. The van der Waals surface area contributed by atoms with Crippen LogP contribution in [0, 0.1) is 5.92 Å². The molecule has 0 saturated carbocycles. The van der Waals surface area contributed by atoms with Gasteiger partial charge in [-0.05, 0) is 29.7 Å². The number of halogens is 2. The number of alkyl halides is 2. The minimum Gasteiger partial charge on any atom is -0.469 e. The third kappa shape index (κ3) is 5.50. The molecule has 4 unspecified atom stereocenters. The van der Waals surface area contributed by atoms with Gasteiger partial charge in [0.25, 0.3) is 0 Å². The Labute approximate surface area is 167 Å². The Balaban J connectivity index is 1.91. The van der Waals surface area contributed by atoms with Crippen LogP contribution in [-0.2, 0) is 16.0 Å². The zero-order chi connectivity index (χ0) is 20.8. The van der Waals surface area contributed by atoms with Crippen LogP contribution in [0.25, 0.3) is 0 Å². The summed E-state index contributed by atoms with van der Waals surface area (Å²) in [4.78, 5) is 12.1. The van der Waals surface area contributed by atoms with Crippen LogP contribution in [0.15, 0.2) is 54.6 Å². The minimum atomic E-state index is -2.95. The van der Waals surface area contributed by atoms with Gasteiger partial charge in [-0.1, -0.05) is 42.5 Å². The summed E-state index contributed by atoms with van der Waals surface area (Å²) in [5.74, 6) is -1.33. The molecule has 0 aliphatic carbocycles. The molecule has 2 aromatic rings. The molecule has 0 radical (unpaired) electrons. The monoisotopic (exact) mass is 406 g/mol. The second kappa shape index (κ2) is 9.78. The van der Waals surface area contributed by atoms with Crippen molar-refractivity contribution >= 4 is 5.97 Å². The van der Waals surface area contributed by atoms with E-state index in [4.69, 9.17) is 4.74 Å². The van der Waals surface area contributed by atoms with Crippen LogP contribution in [0.3, 0.4) is 0 Å². The van der Waals surface area contributed by atoms with Gasteiger partial charge in [0.2, 0.25) is 0 Å². The minimum absolute atomic E-state index is 0.000352. The van der Waals surface area contributed by atoms with Crippen LogP contribution in [0.2, 0.25) is 0 Å². The summed E-state index contributed by atoms with van der Waals surface area (Å²) in [5.41, 5.74) is 7.60. The Kier molecular flexibility index (Phi) is 7.13. The maximum Gasteiger partial charge on any atom is 0.387 e. The summed E-state index contributed by atoms with van der Waals surface area (Å²) in [7, 11) is 1.29. The highest BCUT2D eigenvalue weighted by molar-refractivity contribution is 5.70. The Morgan fingerprint density at radius 2 is 1.90 bits per heavy atom. The maximum atomic E-state index is 12.6. The Morgan fingerprint density at radius 3 is 2.59 bits per heavy atom. The largest absolute Gasteiger partial charge is 0.469 e. The lowest BCUT2D eigenvalue weighted by atomic mass is 9.77. The number of esters is 1. The van der Waals surface area contributed by atoms with Crippen LogP contribution in [0.4, 0.5) is 8.78 Å². The normalized spacial score (nSPS) is 22.4. The van der Waals surface area contributed by atoms with Crippen molar-refractivity contribution in [2.45, 2.75) is 37.6 Å². The van der Waals surface area contributed by atoms with Gasteiger partial charge in [0.1, 0.15) is 12.0 Å². The van der Waals surface area contributed by atoms with Crippen molar-refractivity contribution in [3.05, 3.63) is 65.7 Å². The van der Waals surface area contributed by atoms with E-state index < -0.39 is 30.6 Å². The van der Waals surface area contributed by atoms with Crippen molar-refractivity contribution < 1.29 is 28.2 Å².